The Morgan fingerprint density at radius 1 is 0.966 bits per heavy atom. The highest BCUT2D eigenvalue weighted by Gasteiger charge is 2.29. The number of carbonyl (C=O) groups is 2. The molecule has 2 N–H and O–H groups in total. The van der Waals surface area contributed by atoms with Crippen LogP contribution in [0, 0.1) is 0 Å². The summed E-state index contributed by atoms with van der Waals surface area (Å²) in [6, 6.07) is 10.6. The van der Waals surface area contributed by atoms with E-state index >= 15 is 0 Å². The molecule has 3 aromatic rings. The highest BCUT2D eigenvalue weighted by atomic mass is 19.4. The highest BCUT2D eigenvalue weighted by molar-refractivity contribution is 6.43. The van der Waals surface area contributed by atoms with Gasteiger partial charge < -0.3 is 10.6 Å². The van der Waals surface area contributed by atoms with E-state index in [2.05, 4.69) is 20.7 Å². The van der Waals surface area contributed by atoms with Crippen molar-refractivity contribution in [3.05, 3.63) is 72.2 Å². The van der Waals surface area contributed by atoms with Crippen LogP contribution < -0.4 is 10.6 Å². The number of para-hydroxylation sites is 1. The maximum absolute atomic E-state index is 12.7. The van der Waals surface area contributed by atoms with Crippen molar-refractivity contribution in [1.82, 2.24) is 14.8 Å². The van der Waals surface area contributed by atoms with E-state index < -0.39 is 24.4 Å². The van der Waals surface area contributed by atoms with Crippen molar-refractivity contribution < 1.29 is 22.8 Å². The Morgan fingerprint density at radius 2 is 1.66 bits per heavy atom. The number of alkyl halides is 3. The van der Waals surface area contributed by atoms with E-state index in [9.17, 15) is 22.8 Å². The molecule has 0 saturated heterocycles. The molecule has 2 aromatic heterocycles. The van der Waals surface area contributed by atoms with Gasteiger partial charge in [0.25, 0.3) is 0 Å². The summed E-state index contributed by atoms with van der Waals surface area (Å²) in [6.45, 7) is 0.440. The molecule has 0 fully saturated rings. The number of rotatable bonds is 5. The van der Waals surface area contributed by atoms with Crippen LogP contribution in [0.3, 0.4) is 0 Å². The second-order valence-corrected chi connectivity index (χ2v) is 6.11. The maximum atomic E-state index is 12.7. The monoisotopic (exact) mass is 403 g/mol. The van der Waals surface area contributed by atoms with Gasteiger partial charge in [-0.2, -0.15) is 18.3 Å². The number of nitrogens with zero attached hydrogens (tertiary/aromatic N) is 3. The van der Waals surface area contributed by atoms with Gasteiger partial charge in [0.05, 0.1) is 13.0 Å². The molecule has 0 aliphatic carbocycles. The van der Waals surface area contributed by atoms with E-state index in [-0.39, 0.29) is 17.1 Å². The lowest BCUT2D eigenvalue weighted by Gasteiger charge is -2.12. The summed E-state index contributed by atoms with van der Waals surface area (Å²) in [5, 5.41) is 8.66. The minimum absolute atomic E-state index is 0.0757. The second-order valence-electron chi connectivity index (χ2n) is 6.11. The number of pyridine rings is 1. The average Bonchev–Trinajstić information content (AvgIpc) is 3.09. The molecule has 0 saturated carbocycles. The van der Waals surface area contributed by atoms with Gasteiger partial charge in [0.2, 0.25) is 0 Å². The molecule has 2 heterocycles. The third-order valence-corrected chi connectivity index (χ3v) is 3.84. The number of halogens is 3. The summed E-state index contributed by atoms with van der Waals surface area (Å²) >= 11 is 0. The number of nitrogens with one attached hydrogen (secondary N) is 2. The van der Waals surface area contributed by atoms with Crippen molar-refractivity contribution >= 4 is 23.3 Å². The van der Waals surface area contributed by atoms with Gasteiger partial charge in [0.15, 0.2) is 5.82 Å². The van der Waals surface area contributed by atoms with Crippen LogP contribution in [0.2, 0.25) is 0 Å². The number of anilines is 2. The molecule has 0 bridgehead atoms. The number of hydrogen-bond acceptors (Lipinski definition) is 4. The quantitative estimate of drug-likeness (QED) is 0.641. The Hall–Kier alpha value is -3.69. The Kier molecular flexibility index (Phi) is 5.91. The molecule has 7 nitrogen and oxygen atoms in total. The molecule has 0 spiro atoms. The van der Waals surface area contributed by atoms with Crippen LogP contribution in [0.1, 0.15) is 11.1 Å². The topological polar surface area (TPSA) is 88.9 Å². The van der Waals surface area contributed by atoms with E-state index in [1.807, 2.05) is 12.1 Å². The zero-order valence-electron chi connectivity index (χ0n) is 15.0. The summed E-state index contributed by atoms with van der Waals surface area (Å²) in [5.74, 6) is -1.99. The van der Waals surface area contributed by atoms with Gasteiger partial charge in [-0.1, -0.05) is 18.2 Å². The maximum Gasteiger partial charge on any atom is 0.393 e. The van der Waals surface area contributed by atoms with Crippen LogP contribution in [-0.4, -0.2) is 32.8 Å². The van der Waals surface area contributed by atoms with E-state index in [1.165, 1.54) is 30.3 Å². The number of aromatic nitrogens is 3. The Bertz CT molecular complexity index is 1000. The van der Waals surface area contributed by atoms with Crippen LogP contribution in [0.25, 0.3) is 0 Å². The predicted molar refractivity (Wildman–Crippen MR) is 99.0 cm³/mol. The van der Waals surface area contributed by atoms with Crippen molar-refractivity contribution in [2.24, 2.45) is 0 Å². The van der Waals surface area contributed by atoms with Gasteiger partial charge in [0, 0.05) is 30.3 Å². The Balaban J connectivity index is 1.61. The molecule has 0 aliphatic heterocycles. The molecule has 0 radical (unpaired) electrons. The van der Waals surface area contributed by atoms with Crippen molar-refractivity contribution in [1.29, 1.82) is 0 Å². The first-order chi connectivity index (χ1) is 13.8. The first-order valence-electron chi connectivity index (χ1n) is 8.49. The normalized spacial score (nSPS) is 11.1. The van der Waals surface area contributed by atoms with E-state index in [1.54, 1.807) is 23.3 Å². The van der Waals surface area contributed by atoms with Crippen LogP contribution in [0.4, 0.5) is 24.7 Å². The molecule has 29 heavy (non-hydrogen) atoms. The summed E-state index contributed by atoms with van der Waals surface area (Å²) in [6.07, 6.45) is -0.757. The van der Waals surface area contributed by atoms with E-state index in [0.717, 1.165) is 5.56 Å². The molecule has 1 aromatic carbocycles. The molecule has 10 heteroatoms. The Labute approximate surface area is 163 Å². The minimum atomic E-state index is -4.44. The van der Waals surface area contributed by atoms with Crippen molar-refractivity contribution in [2.75, 3.05) is 10.6 Å². The fourth-order valence-corrected chi connectivity index (χ4v) is 2.56. The molecular formula is C19H16F3N5O2. The van der Waals surface area contributed by atoms with Gasteiger partial charge in [-0.3, -0.25) is 19.3 Å². The first-order valence-corrected chi connectivity index (χ1v) is 8.49. The molecule has 2 amide bonds. The standard InChI is InChI=1S/C19H16F3N5O2/c20-19(21,22)11-14-3-1-2-4-15(14)24-17(28)18(29)25-16-7-10-27(26-16)12-13-5-8-23-9-6-13/h1-10H,11-12H2,(H,24,28)(H,25,26,29). The Morgan fingerprint density at radius 3 is 2.38 bits per heavy atom. The lowest BCUT2D eigenvalue weighted by molar-refractivity contribution is -0.133. The van der Waals surface area contributed by atoms with Gasteiger partial charge in [-0.05, 0) is 29.3 Å². The molecule has 3 rings (SSSR count). The zero-order chi connectivity index (χ0) is 20.9. The SMILES string of the molecule is O=C(Nc1ccn(Cc2ccncc2)n1)C(=O)Nc1ccccc1CC(F)(F)F. The number of benzene rings is 1. The molecule has 0 aliphatic rings. The van der Waals surface area contributed by atoms with Crippen molar-refractivity contribution in [3.63, 3.8) is 0 Å². The first kappa shape index (κ1) is 20.1. The fourth-order valence-electron chi connectivity index (χ4n) is 2.56. The number of hydrogen-bond donors (Lipinski definition) is 2. The van der Waals surface area contributed by atoms with E-state index in [0.29, 0.717) is 6.54 Å². The summed E-state index contributed by atoms with van der Waals surface area (Å²) in [7, 11) is 0. The fraction of sp³-hybridized carbons (Fsp3) is 0.158. The highest BCUT2D eigenvalue weighted by Crippen LogP contribution is 2.26. The predicted octanol–water partition coefficient (Wildman–Crippen LogP) is 3.01. The third-order valence-electron chi connectivity index (χ3n) is 3.84. The third kappa shape index (κ3) is 5.89. The van der Waals surface area contributed by atoms with E-state index in [4.69, 9.17) is 0 Å². The number of amides is 2. The van der Waals surface area contributed by atoms with Crippen LogP contribution in [0.5, 0.6) is 0 Å². The lowest BCUT2D eigenvalue weighted by atomic mass is 10.1. The second kappa shape index (κ2) is 8.55. The number of carbonyl (C=O) groups excluding carboxylic acids is 2. The van der Waals surface area contributed by atoms with Crippen molar-refractivity contribution in [2.45, 2.75) is 19.1 Å². The summed E-state index contributed by atoms with van der Waals surface area (Å²) in [5.41, 5.74) is 0.732. The average molecular weight is 403 g/mol. The summed E-state index contributed by atoms with van der Waals surface area (Å²) in [4.78, 5) is 28.1. The molecule has 150 valence electrons. The molecular weight excluding hydrogens is 387 g/mol. The van der Waals surface area contributed by atoms with Gasteiger partial charge in [-0.25, -0.2) is 0 Å². The minimum Gasteiger partial charge on any atom is -0.318 e. The zero-order valence-corrected chi connectivity index (χ0v) is 15.0. The van der Waals surface area contributed by atoms with Crippen LogP contribution >= 0.6 is 0 Å². The lowest BCUT2D eigenvalue weighted by Crippen LogP contribution is -2.30. The largest absolute Gasteiger partial charge is 0.393 e. The van der Waals surface area contributed by atoms with Crippen LogP contribution in [-0.2, 0) is 22.6 Å². The smallest absolute Gasteiger partial charge is 0.318 e. The van der Waals surface area contributed by atoms with Crippen molar-refractivity contribution in [3.8, 4) is 0 Å². The van der Waals surface area contributed by atoms with Gasteiger partial charge >= 0.3 is 18.0 Å². The van der Waals surface area contributed by atoms with Crippen LogP contribution in [0.15, 0.2) is 61.1 Å². The summed E-state index contributed by atoms with van der Waals surface area (Å²) < 4.78 is 39.5. The van der Waals surface area contributed by atoms with Gasteiger partial charge in [0.1, 0.15) is 0 Å². The molecule has 0 atom stereocenters. The van der Waals surface area contributed by atoms with Gasteiger partial charge in [-0.15, -0.1) is 0 Å². The molecule has 0 unspecified atom stereocenters.